The minimum atomic E-state index is -0.537. The number of benzene rings is 2. The van der Waals surface area contributed by atoms with Crippen LogP contribution in [0.2, 0.25) is 0 Å². The number of carbonyl (C=O) groups excluding carboxylic acids is 1. The molecule has 9 heteroatoms. The molecule has 37 heavy (non-hydrogen) atoms. The Labute approximate surface area is 230 Å². The van der Waals surface area contributed by atoms with Crippen LogP contribution in [0.3, 0.4) is 0 Å². The highest BCUT2D eigenvalue weighted by molar-refractivity contribution is 9.10. The van der Waals surface area contributed by atoms with Crippen molar-refractivity contribution in [2.24, 2.45) is 0 Å². The van der Waals surface area contributed by atoms with Crippen LogP contribution in [-0.4, -0.2) is 33.4 Å². The Morgan fingerprint density at radius 1 is 1.16 bits per heavy atom. The van der Waals surface area contributed by atoms with E-state index in [1.807, 2.05) is 50.2 Å². The van der Waals surface area contributed by atoms with Gasteiger partial charge < -0.3 is 14.8 Å². The Bertz CT molecular complexity index is 1290. The fourth-order valence-electron chi connectivity index (χ4n) is 4.88. The van der Waals surface area contributed by atoms with E-state index < -0.39 is 6.04 Å². The van der Waals surface area contributed by atoms with E-state index in [4.69, 9.17) is 19.6 Å². The van der Waals surface area contributed by atoms with Crippen molar-refractivity contribution < 1.29 is 14.3 Å². The number of ether oxygens (including phenoxy) is 2. The third kappa shape index (κ3) is 5.88. The lowest BCUT2D eigenvalue weighted by Gasteiger charge is -2.31. The molecule has 0 amide bonds. The van der Waals surface area contributed by atoms with Crippen LogP contribution >= 0.6 is 27.7 Å². The zero-order chi connectivity index (χ0) is 25.8. The van der Waals surface area contributed by atoms with Gasteiger partial charge in [-0.2, -0.15) is 4.98 Å². The molecule has 1 saturated carbocycles. The van der Waals surface area contributed by atoms with Crippen LogP contribution in [0.25, 0.3) is 0 Å². The number of anilines is 1. The van der Waals surface area contributed by atoms with E-state index in [0.717, 1.165) is 41.5 Å². The molecule has 7 nitrogen and oxygen atoms in total. The summed E-state index contributed by atoms with van der Waals surface area (Å²) < 4.78 is 14.7. The zero-order valence-electron chi connectivity index (χ0n) is 21.1. The Morgan fingerprint density at radius 2 is 1.95 bits per heavy atom. The monoisotopic (exact) mass is 582 g/mol. The Hall–Kier alpha value is -2.78. The van der Waals surface area contributed by atoms with E-state index >= 15 is 0 Å². The number of aromatic nitrogens is 3. The van der Waals surface area contributed by atoms with Gasteiger partial charge in [-0.3, -0.25) is 0 Å². The maximum Gasteiger partial charge on any atom is 0.338 e. The van der Waals surface area contributed by atoms with E-state index in [2.05, 4.69) is 33.4 Å². The standard InChI is InChI=1S/C28H31BrN4O3S/c1-3-35-23-15-14-20(29)16-22(23)25-24(26(34)36-21-12-8-5-9-13-21)18(2)30-27-31-28(32-33(25)27)37-17-19-10-6-4-7-11-19/h4,6-7,10-11,14-16,21,25H,3,5,8-9,12-13,17H2,1-2H3,(H,30,31,32). The summed E-state index contributed by atoms with van der Waals surface area (Å²) in [6.45, 7) is 4.36. The molecule has 2 heterocycles. The van der Waals surface area contributed by atoms with Gasteiger partial charge in [0.2, 0.25) is 11.1 Å². The van der Waals surface area contributed by atoms with Gasteiger partial charge in [-0.15, -0.1) is 5.10 Å². The topological polar surface area (TPSA) is 78.3 Å². The Morgan fingerprint density at radius 3 is 2.70 bits per heavy atom. The molecule has 0 spiro atoms. The average molecular weight is 584 g/mol. The fourth-order valence-corrected chi connectivity index (χ4v) is 6.05. The van der Waals surface area contributed by atoms with Crippen LogP contribution in [0.1, 0.15) is 63.1 Å². The van der Waals surface area contributed by atoms with Crippen molar-refractivity contribution in [2.75, 3.05) is 11.9 Å². The third-order valence-electron chi connectivity index (χ3n) is 6.66. The fraction of sp³-hybridized carbons (Fsp3) is 0.393. The summed E-state index contributed by atoms with van der Waals surface area (Å²) in [6, 6.07) is 15.6. The third-order valence-corrected chi connectivity index (χ3v) is 8.06. The summed E-state index contributed by atoms with van der Waals surface area (Å²) in [4.78, 5) is 18.5. The Balaban J connectivity index is 1.52. The number of allylic oxidation sites excluding steroid dienone is 1. The molecule has 1 atom stereocenters. The summed E-state index contributed by atoms with van der Waals surface area (Å²) >= 11 is 5.17. The minimum absolute atomic E-state index is 0.0507. The molecule has 2 aromatic carbocycles. The molecule has 1 unspecified atom stereocenters. The lowest BCUT2D eigenvalue weighted by atomic mass is 9.94. The Kier molecular flexibility index (Phi) is 8.20. The highest BCUT2D eigenvalue weighted by Crippen LogP contribution is 2.42. The number of esters is 1. The number of thioether (sulfide) groups is 1. The first-order valence-corrected chi connectivity index (χ1v) is 14.6. The van der Waals surface area contributed by atoms with Gasteiger partial charge in [0, 0.05) is 21.5 Å². The van der Waals surface area contributed by atoms with Crippen LogP contribution in [0.15, 0.2) is 69.4 Å². The number of rotatable bonds is 8. The molecular weight excluding hydrogens is 552 g/mol. The smallest absolute Gasteiger partial charge is 0.338 e. The first kappa shape index (κ1) is 25.9. The molecule has 5 rings (SSSR count). The van der Waals surface area contributed by atoms with Crippen LogP contribution in [-0.2, 0) is 15.3 Å². The second-order valence-electron chi connectivity index (χ2n) is 9.28. The van der Waals surface area contributed by atoms with Crippen LogP contribution < -0.4 is 10.1 Å². The van der Waals surface area contributed by atoms with Crippen molar-refractivity contribution >= 4 is 39.6 Å². The van der Waals surface area contributed by atoms with E-state index in [1.165, 1.54) is 12.0 Å². The van der Waals surface area contributed by atoms with Gasteiger partial charge in [-0.05, 0) is 63.3 Å². The van der Waals surface area contributed by atoms with Crippen molar-refractivity contribution in [1.29, 1.82) is 0 Å². The molecule has 1 aliphatic heterocycles. The molecule has 0 bridgehead atoms. The van der Waals surface area contributed by atoms with Gasteiger partial charge in [0.05, 0.1) is 12.2 Å². The number of nitrogens with one attached hydrogen (secondary N) is 1. The van der Waals surface area contributed by atoms with Gasteiger partial charge in [-0.1, -0.05) is 64.4 Å². The quantitative estimate of drug-likeness (QED) is 0.228. The maximum absolute atomic E-state index is 13.7. The van der Waals surface area contributed by atoms with Crippen LogP contribution in [0.4, 0.5) is 5.95 Å². The molecule has 0 saturated heterocycles. The second-order valence-corrected chi connectivity index (χ2v) is 11.1. The first-order chi connectivity index (χ1) is 18.0. The van der Waals surface area contributed by atoms with Gasteiger partial charge in [0.15, 0.2) is 0 Å². The number of fused-ring (bicyclic) bond motifs is 1. The molecular formula is C28H31BrN4O3S. The predicted molar refractivity (Wildman–Crippen MR) is 149 cm³/mol. The first-order valence-electron chi connectivity index (χ1n) is 12.8. The summed E-state index contributed by atoms with van der Waals surface area (Å²) in [5.74, 6) is 1.73. The van der Waals surface area contributed by atoms with E-state index in [-0.39, 0.29) is 12.1 Å². The van der Waals surface area contributed by atoms with E-state index in [0.29, 0.717) is 34.7 Å². The van der Waals surface area contributed by atoms with Crippen molar-refractivity contribution in [3.8, 4) is 5.75 Å². The molecule has 1 N–H and O–H groups in total. The molecule has 1 fully saturated rings. The van der Waals surface area contributed by atoms with Crippen molar-refractivity contribution in [2.45, 2.75) is 69.0 Å². The molecule has 2 aliphatic rings. The largest absolute Gasteiger partial charge is 0.494 e. The van der Waals surface area contributed by atoms with Gasteiger partial charge in [0.1, 0.15) is 17.9 Å². The molecule has 1 aromatic heterocycles. The number of carbonyl (C=O) groups is 1. The van der Waals surface area contributed by atoms with Gasteiger partial charge in [0.25, 0.3) is 0 Å². The minimum Gasteiger partial charge on any atom is -0.494 e. The van der Waals surface area contributed by atoms with Crippen molar-refractivity contribution in [3.05, 3.63) is 75.4 Å². The lowest BCUT2D eigenvalue weighted by molar-refractivity contribution is -0.146. The maximum atomic E-state index is 13.7. The van der Waals surface area contributed by atoms with E-state index in [1.54, 1.807) is 16.4 Å². The van der Waals surface area contributed by atoms with Crippen molar-refractivity contribution in [1.82, 2.24) is 14.8 Å². The average Bonchev–Trinajstić information content (AvgIpc) is 3.31. The molecule has 0 radical (unpaired) electrons. The SMILES string of the molecule is CCOc1ccc(Br)cc1C1C(C(=O)OC2CCCCC2)=C(C)Nc2nc(SCc3ccccc3)nn21. The summed E-state index contributed by atoms with van der Waals surface area (Å²) in [5.41, 5.74) is 3.27. The summed E-state index contributed by atoms with van der Waals surface area (Å²) in [7, 11) is 0. The number of hydrogen-bond acceptors (Lipinski definition) is 7. The van der Waals surface area contributed by atoms with E-state index in [9.17, 15) is 4.79 Å². The number of halogens is 1. The highest BCUT2D eigenvalue weighted by Gasteiger charge is 2.38. The molecule has 1 aliphatic carbocycles. The number of nitrogens with zero attached hydrogens (tertiary/aromatic N) is 3. The van der Waals surface area contributed by atoms with Gasteiger partial charge >= 0.3 is 5.97 Å². The van der Waals surface area contributed by atoms with Crippen molar-refractivity contribution in [3.63, 3.8) is 0 Å². The normalized spacial score (nSPS) is 17.8. The zero-order valence-corrected chi connectivity index (χ0v) is 23.5. The summed E-state index contributed by atoms with van der Waals surface area (Å²) in [5, 5.41) is 8.81. The highest BCUT2D eigenvalue weighted by atomic mass is 79.9. The molecule has 194 valence electrons. The lowest BCUT2D eigenvalue weighted by Crippen LogP contribution is -2.32. The van der Waals surface area contributed by atoms with Crippen LogP contribution in [0, 0.1) is 0 Å². The molecule has 3 aromatic rings. The number of hydrogen-bond donors (Lipinski definition) is 1. The summed E-state index contributed by atoms with van der Waals surface area (Å²) in [6.07, 6.45) is 5.14. The van der Waals surface area contributed by atoms with Crippen LogP contribution in [0.5, 0.6) is 5.75 Å². The second kappa shape index (κ2) is 11.7. The predicted octanol–water partition coefficient (Wildman–Crippen LogP) is 6.90. The van der Waals surface area contributed by atoms with Gasteiger partial charge in [-0.25, -0.2) is 9.48 Å².